The molecule has 0 aliphatic heterocycles. The minimum absolute atomic E-state index is 0.142. The number of rotatable bonds is 9. The molecule has 1 atom stereocenters. The standard InChI is InChI=1S/C23H28Br2N2O3/c1-15(2)12-26-23(29)17(4)27(13-18-6-5-7-19(24)11-18)22(28)14-30-20-8-9-21(25)16(3)10-20/h5-11,15,17H,12-14H2,1-4H3,(H,26,29)/t17-/m0/s1. The molecule has 2 aromatic carbocycles. The summed E-state index contributed by atoms with van der Waals surface area (Å²) in [5, 5.41) is 2.91. The topological polar surface area (TPSA) is 58.6 Å². The zero-order valence-electron chi connectivity index (χ0n) is 17.7. The first-order valence-corrected chi connectivity index (χ1v) is 11.5. The zero-order chi connectivity index (χ0) is 22.3. The van der Waals surface area contributed by atoms with Crippen molar-refractivity contribution in [2.45, 2.75) is 40.3 Å². The van der Waals surface area contributed by atoms with Gasteiger partial charge in [0, 0.05) is 22.0 Å². The van der Waals surface area contributed by atoms with Crippen LogP contribution in [0, 0.1) is 12.8 Å². The number of carbonyl (C=O) groups is 2. The summed E-state index contributed by atoms with van der Waals surface area (Å²) in [7, 11) is 0. The lowest BCUT2D eigenvalue weighted by atomic mass is 10.1. The number of aryl methyl sites for hydroxylation is 1. The number of carbonyl (C=O) groups excluding carboxylic acids is 2. The second-order valence-corrected chi connectivity index (χ2v) is 9.44. The number of amides is 2. The first-order valence-electron chi connectivity index (χ1n) is 9.88. The summed E-state index contributed by atoms with van der Waals surface area (Å²) in [6.07, 6.45) is 0. The maximum atomic E-state index is 13.0. The summed E-state index contributed by atoms with van der Waals surface area (Å²) in [6.45, 7) is 8.51. The molecule has 1 N–H and O–H groups in total. The van der Waals surface area contributed by atoms with Gasteiger partial charge in [0.2, 0.25) is 5.91 Å². The molecule has 2 rings (SSSR count). The molecule has 0 saturated heterocycles. The largest absolute Gasteiger partial charge is 0.484 e. The maximum absolute atomic E-state index is 13.0. The Kier molecular flexibility index (Phi) is 9.37. The van der Waals surface area contributed by atoms with Gasteiger partial charge in [-0.1, -0.05) is 57.8 Å². The summed E-state index contributed by atoms with van der Waals surface area (Å²) in [6, 6.07) is 12.7. The fourth-order valence-corrected chi connectivity index (χ4v) is 3.50. The molecule has 2 amide bonds. The van der Waals surface area contributed by atoms with Crippen molar-refractivity contribution in [1.29, 1.82) is 0 Å². The van der Waals surface area contributed by atoms with Crippen molar-refractivity contribution in [1.82, 2.24) is 10.2 Å². The number of halogens is 2. The quantitative estimate of drug-likeness (QED) is 0.483. The van der Waals surface area contributed by atoms with Crippen LogP contribution in [0.15, 0.2) is 51.4 Å². The molecule has 0 saturated carbocycles. The van der Waals surface area contributed by atoms with Gasteiger partial charge in [0.05, 0.1) is 0 Å². The highest BCUT2D eigenvalue weighted by atomic mass is 79.9. The molecule has 30 heavy (non-hydrogen) atoms. The molecule has 0 bridgehead atoms. The Bertz CT molecular complexity index is 887. The molecular formula is C23H28Br2N2O3. The molecule has 0 fully saturated rings. The Morgan fingerprint density at radius 3 is 2.47 bits per heavy atom. The van der Waals surface area contributed by atoms with E-state index in [9.17, 15) is 9.59 Å². The van der Waals surface area contributed by atoms with Gasteiger partial charge < -0.3 is 15.0 Å². The van der Waals surface area contributed by atoms with Crippen LogP contribution in [0.4, 0.5) is 0 Å². The van der Waals surface area contributed by atoms with Crippen LogP contribution in [-0.2, 0) is 16.1 Å². The SMILES string of the molecule is Cc1cc(OCC(=O)N(Cc2cccc(Br)c2)[C@@H](C)C(=O)NCC(C)C)ccc1Br. The molecule has 0 aromatic heterocycles. The number of hydrogen-bond acceptors (Lipinski definition) is 3. The monoisotopic (exact) mass is 538 g/mol. The fraction of sp³-hybridized carbons (Fsp3) is 0.391. The van der Waals surface area contributed by atoms with Gasteiger partial charge in [-0.05, 0) is 61.2 Å². The van der Waals surface area contributed by atoms with Gasteiger partial charge in [-0.3, -0.25) is 9.59 Å². The number of benzene rings is 2. The predicted molar refractivity (Wildman–Crippen MR) is 126 cm³/mol. The van der Waals surface area contributed by atoms with Crippen molar-refractivity contribution in [3.63, 3.8) is 0 Å². The third-order valence-electron chi connectivity index (χ3n) is 4.59. The average molecular weight is 540 g/mol. The molecule has 0 aliphatic carbocycles. The highest BCUT2D eigenvalue weighted by Crippen LogP contribution is 2.22. The average Bonchev–Trinajstić information content (AvgIpc) is 2.70. The van der Waals surface area contributed by atoms with Crippen molar-refractivity contribution in [3.05, 3.63) is 62.5 Å². The first-order chi connectivity index (χ1) is 14.2. The Balaban J connectivity index is 2.14. The van der Waals surface area contributed by atoms with Crippen LogP contribution in [0.2, 0.25) is 0 Å². The van der Waals surface area contributed by atoms with E-state index in [0.717, 1.165) is 20.1 Å². The van der Waals surface area contributed by atoms with Crippen molar-refractivity contribution in [3.8, 4) is 5.75 Å². The number of nitrogens with zero attached hydrogens (tertiary/aromatic N) is 1. The predicted octanol–water partition coefficient (Wildman–Crippen LogP) is 5.09. The lowest BCUT2D eigenvalue weighted by Gasteiger charge is -2.29. The molecule has 5 nitrogen and oxygen atoms in total. The van der Waals surface area contributed by atoms with E-state index in [4.69, 9.17) is 4.74 Å². The van der Waals surface area contributed by atoms with E-state index in [1.807, 2.05) is 63.2 Å². The third-order valence-corrected chi connectivity index (χ3v) is 5.97. The van der Waals surface area contributed by atoms with Gasteiger partial charge in [0.25, 0.3) is 5.91 Å². The van der Waals surface area contributed by atoms with Crippen LogP contribution in [-0.4, -0.2) is 35.9 Å². The normalized spacial score (nSPS) is 11.8. The summed E-state index contributed by atoms with van der Waals surface area (Å²) in [5.41, 5.74) is 1.95. The fourth-order valence-electron chi connectivity index (χ4n) is 2.80. The summed E-state index contributed by atoms with van der Waals surface area (Å²) in [4.78, 5) is 27.2. The van der Waals surface area contributed by atoms with E-state index in [0.29, 0.717) is 24.8 Å². The molecule has 0 heterocycles. The maximum Gasteiger partial charge on any atom is 0.261 e. The van der Waals surface area contributed by atoms with E-state index < -0.39 is 6.04 Å². The van der Waals surface area contributed by atoms with E-state index >= 15 is 0 Å². The van der Waals surface area contributed by atoms with Gasteiger partial charge in [-0.2, -0.15) is 0 Å². The van der Waals surface area contributed by atoms with E-state index in [1.54, 1.807) is 11.8 Å². The van der Waals surface area contributed by atoms with E-state index in [-0.39, 0.29) is 18.4 Å². The molecular weight excluding hydrogens is 512 g/mol. The van der Waals surface area contributed by atoms with Gasteiger partial charge in [-0.15, -0.1) is 0 Å². The van der Waals surface area contributed by atoms with Gasteiger partial charge in [0.15, 0.2) is 6.61 Å². The van der Waals surface area contributed by atoms with Crippen molar-refractivity contribution in [2.24, 2.45) is 5.92 Å². The number of hydrogen-bond donors (Lipinski definition) is 1. The Morgan fingerprint density at radius 1 is 1.10 bits per heavy atom. The third kappa shape index (κ3) is 7.43. The van der Waals surface area contributed by atoms with Crippen LogP contribution in [0.1, 0.15) is 31.9 Å². The van der Waals surface area contributed by atoms with Crippen molar-refractivity contribution >= 4 is 43.7 Å². The highest BCUT2D eigenvalue weighted by Gasteiger charge is 2.26. The Morgan fingerprint density at radius 2 is 1.83 bits per heavy atom. The van der Waals surface area contributed by atoms with Gasteiger partial charge in [0.1, 0.15) is 11.8 Å². The molecule has 2 aromatic rings. The minimum atomic E-state index is -0.620. The van der Waals surface area contributed by atoms with Crippen molar-refractivity contribution in [2.75, 3.05) is 13.2 Å². The Hall–Kier alpha value is -1.86. The molecule has 162 valence electrons. The smallest absolute Gasteiger partial charge is 0.261 e. The Labute approximate surface area is 195 Å². The van der Waals surface area contributed by atoms with Gasteiger partial charge in [-0.25, -0.2) is 0 Å². The molecule has 0 radical (unpaired) electrons. The summed E-state index contributed by atoms with van der Waals surface area (Å²) >= 11 is 6.91. The molecule has 0 aliphatic rings. The zero-order valence-corrected chi connectivity index (χ0v) is 20.9. The highest BCUT2D eigenvalue weighted by molar-refractivity contribution is 9.10. The minimum Gasteiger partial charge on any atom is -0.484 e. The second-order valence-electron chi connectivity index (χ2n) is 7.67. The van der Waals surface area contributed by atoms with Gasteiger partial charge >= 0.3 is 0 Å². The van der Waals surface area contributed by atoms with Crippen LogP contribution in [0.25, 0.3) is 0 Å². The van der Waals surface area contributed by atoms with Crippen LogP contribution < -0.4 is 10.1 Å². The van der Waals surface area contributed by atoms with Crippen LogP contribution >= 0.6 is 31.9 Å². The number of nitrogens with one attached hydrogen (secondary N) is 1. The lowest BCUT2D eigenvalue weighted by Crippen LogP contribution is -2.49. The molecule has 0 unspecified atom stereocenters. The summed E-state index contributed by atoms with van der Waals surface area (Å²) < 4.78 is 7.62. The van der Waals surface area contributed by atoms with Crippen LogP contribution in [0.3, 0.4) is 0 Å². The molecule has 7 heteroatoms. The first kappa shape index (κ1) is 24.4. The molecule has 0 spiro atoms. The number of ether oxygens (including phenoxy) is 1. The lowest BCUT2D eigenvalue weighted by molar-refractivity contribution is -0.142. The second kappa shape index (κ2) is 11.5. The van der Waals surface area contributed by atoms with Crippen LogP contribution in [0.5, 0.6) is 5.75 Å². The van der Waals surface area contributed by atoms with E-state index in [2.05, 4.69) is 37.2 Å². The summed E-state index contributed by atoms with van der Waals surface area (Å²) in [5.74, 6) is 0.525. The van der Waals surface area contributed by atoms with Crippen molar-refractivity contribution < 1.29 is 14.3 Å². The van der Waals surface area contributed by atoms with E-state index in [1.165, 1.54) is 0 Å².